The molecule has 10 heteroatoms. The number of aromatic hydroxyl groups is 2. The monoisotopic (exact) mass is 795 g/mol. The van der Waals surface area contributed by atoms with Gasteiger partial charge in [0.1, 0.15) is 11.5 Å². The predicted molar refractivity (Wildman–Crippen MR) is 226 cm³/mol. The lowest BCUT2D eigenvalue weighted by molar-refractivity contribution is -0.135. The minimum absolute atomic E-state index is 0.0186. The fourth-order valence-corrected chi connectivity index (χ4v) is 9.42. The van der Waals surface area contributed by atoms with Crippen LogP contribution >= 0.6 is 0 Å². The normalized spacial score (nSPS) is 20.6. The number of aliphatic hydroxyl groups excluding tert-OH is 2. The van der Waals surface area contributed by atoms with Crippen molar-refractivity contribution in [1.29, 1.82) is 0 Å². The van der Waals surface area contributed by atoms with E-state index in [4.69, 9.17) is 10.1 Å². The quantitative estimate of drug-likeness (QED) is 0.0932. The van der Waals surface area contributed by atoms with Gasteiger partial charge in [-0.2, -0.15) is 6.20 Å². The van der Waals surface area contributed by atoms with E-state index in [1.165, 1.54) is 0 Å². The van der Waals surface area contributed by atoms with Gasteiger partial charge in [0.25, 0.3) is 0 Å². The van der Waals surface area contributed by atoms with Gasteiger partial charge in [-0.15, -0.1) is 5.69 Å². The number of ketones is 2. The predicted octanol–water partition coefficient (Wildman–Crippen LogP) is 8.16. The average Bonchev–Trinajstić information content (AvgIpc) is 4.02. The molecule has 0 amide bonds. The molecule has 1 aliphatic heterocycles. The second kappa shape index (κ2) is 18.1. The molecule has 59 heavy (non-hydrogen) atoms. The van der Waals surface area contributed by atoms with Crippen LogP contribution in [0.3, 0.4) is 0 Å². The minimum Gasteiger partial charge on any atom is -0.664 e. The Morgan fingerprint density at radius 1 is 0.881 bits per heavy atom. The zero-order valence-electron chi connectivity index (χ0n) is 33.4. The summed E-state index contributed by atoms with van der Waals surface area (Å²) in [6.45, 7) is -0.174. The number of aliphatic hydroxyl groups is 2. The smallest absolute Gasteiger partial charge is 0.161 e. The van der Waals surface area contributed by atoms with E-state index in [0.717, 1.165) is 64.8 Å². The molecule has 0 spiro atoms. The summed E-state index contributed by atoms with van der Waals surface area (Å²) in [5.41, 5.74) is 7.79. The molecule has 10 nitrogen and oxygen atoms in total. The third-order valence-corrected chi connectivity index (χ3v) is 12.4. The van der Waals surface area contributed by atoms with Crippen molar-refractivity contribution >= 4 is 23.5 Å². The number of nitrogens with one attached hydrogen (secondary N) is 1. The van der Waals surface area contributed by atoms with E-state index in [0.29, 0.717) is 54.8 Å². The van der Waals surface area contributed by atoms with Crippen molar-refractivity contribution in [1.82, 2.24) is 9.97 Å². The Morgan fingerprint density at radius 2 is 1.68 bits per heavy atom. The number of fused-ring (bicyclic) bond motifs is 7. The summed E-state index contributed by atoms with van der Waals surface area (Å²) in [5.74, 6) is -1.55. The Morgan fingerprint density at radius 3 is 2.47 bits per heavy atom. The summed E-state index contributed by atoms with van der Waals surface area (Å²) in [5, 5.41) is 48.5. The molecule has 3 heterocycles. The average molecular weight is 796 g/mol. The number of Topliss-reactive ketones (excluding diaryl/α,β-unsaturated/α-hetero) is 2. The van der Waals surface area contributed by atoms with Gasteiger partial charge >= 0.3 is 0 Å². The first-order valence-electron chi connectivity index (χ1n) is 21.1. The molecule has 2 aromatic heterocycles. The summed E-state index contributed by atoms with van der Waals surface area (Å²) in [4.78, 5) is 37.4. The maximum Gasteiger partial charge on any atom is 0.161 e. The summed E-state index contributed by atoms with van der Waals surface area (Å²) in [6, 6.07) is 23.0. The molecule has 308 valence electrons. The fraction of sp³-hybridized carbons (Fsp3) is 0.388. The van der Waals surface area contributed by atoms with Crippen LogP contribution in [0.15, 0.2) is 90.8 Å². The molecule has 3 aromatic carbocycles. The van der Waals surface area contributed by atoms with Crippen molar-refractivity contribution < 1.29 is 34.8 Å². The van der Waals surface area contributed by atoms with Crippen LogP contribution in [0.2, 0.25) is 0 Å². The van der Waals surface area contributed by atoms with Crippen LogP contribution < -0.4 is 9.72 Å². The second-order valence-electron chi connectivity index (χ2n) is 16.6. The Balaban J connectivity index is 1.16. The van der Waals surface area contributed by atoms with E-state index in [9.17, 15) is 25.2 Å². The number of hydrogen-bond donors (Lipinski definition) is 5. The summed E-state index contributed by atoms with van der Waals surface area (Å²) < 4.78 is 6.40. The SMILES string of the molecule is O=C1CCc2cc(c(O)c(OC3CCCC3)c2)Cc2cccc(c2)Cc2cc[nH]c2[N-]CC2=Cc3[n-]ccc3C(CC(O)CCc3cccc(O)c3)C2C(=O)C1CCO. The van der Waals surface area contributed by atoms with Crippen LogP contribution in [-0.2, 0) is 35.3 Å². The zero-order valence-corrected chi connectivity index (χ0v) is 33.4. The van der Waals surface area contributed by atoms with Crippen molar-refractivity contribution in [2.75, 3.05) is 13.2 Å². The summed E-state index contributed by atoms with van der Waals surface area (Å²) in [6.07, 6.45) is 11.3. The molecule has 0 saturated heterocycles. The fourth-order valence-electron chi connectivity index (χ4n) is 9.42. The third-order valence-electron chi connectivity index (χ3n) is 12.4. The van der Waals surface area contributed by atoms with Crippen LogP contribution in [0.1, 0.15) is 102 Å². The molecule has 3 aliphatic rings. The van der Waals surface area contributed by atoms with Gasteiger partial charge in [0.15, 0.2) is 17.3 Å². The summed E-state index contributed by atoms with van der Waals surface area (Å²) >= 11 is 0. The number of nitrogens with zero attached hydrogens (tertiary/aromatic N) is 2. The highest BCUT2D eigenvalue weighted by Crippen LogP contribution is 2.45. The standard InChI is InChI=1S/C49H53N3O7/c53-20-17-41-44(56)14-12-33-24-35(47(57)45(26-33)59-39-9-1-2-10-39)23-32-7-3-6-31(21-32)22-34-15-18-51-49(34)52-29-36-27-43-40(16-19-50-43)42(46(36)48(41)58)28-38(55)13-11-30-5-4-8-37(54)25-30/h3-8,15-16,18-19,21,24-27,38-39,41-42,46,51,53-55,57H,1-2,9-14,17,20,22-23,28-29H2/q-2. The Hall–Kier alpha value is -5.58. The van der Waals surface area contributed by atoms with Gasteiger partial charge in [0.2, 0.25) is 0 Å². The van der Waals surface area contributed by atoms with Gasteiger partial charge < -0.3 is 40.4 Å². The molecule has 8 rings (SSSR count). The number of hydrogen-bond acceptors (Lipinski definition) is 7. The molecular weight excluding hydrogens is 743 g/mol. The van der Waals surface area contributed by atoms with Gasteiger partial charge in [-0.05, 0) is 123 Å². The van der Waals surface area contributed by atoms with E-state index < -0.39 is 23.9 Å². The second-order valence-corrected chi connectivity index (χ2v) is 16.6. The molecule has 0 radical (unpaired) electrons. The molecule has 4 bridgehead atoms. The van der Waals surface area contributed by atoms with Crippen LogP contribution in [0.5, 0.6) is 17.2 Å². The molecule has 5 aromatic rings. The number of phenols is 2. The third kappa shape index (κ3) is 9.34. The highest BCUT2D eigenvalue weighted by Gasteiger charge is 2.41. The van der Waals surface area contributed by atoms with Crippen molar-refractivity contribution in [3.63, 3.8) is 0 Å². The van der Waals surface area contributed by atoms with E-state index in [2.05, 4.69) is 22.1 Å². The summed E-state index contributed by atoms with van der Waals surface area (Å²) in [7, 11) is 0. The van der Waals surface area contributed by atoms with E-state index in [1.807, 2.05) is 54.7 Å². The Labute approximate surface area is 345 Å². The van der Waals surface area contributed by atoms with Gasteiger partial charge in [0.05, 0.1) is 18.1 Å². The molecule has 2 aliphatic carbocycles. The molecule has 4 unspecified atom stereocenters. The topological polar surface area (TPSA) is 168 Å². The van der Waals surface area contributed by atoms with E-state index >= 15 is 4.79 Å². The Kier molecular flexibility index (Phi) is 12.4. The van der Waals surface area contributed by atoms with Crippen molar-refractivity contribution in [2.45, 2.75) is 95.2 Å². The van der Waals surface area contributed by atoms with Crippen LogP contribution in [0.25, 0.3) is 11.4 Å². The number of H-pyrrole nitrogens is 1. The van der Waals surface area contributed by atoms with Crippen LogP contribution in [-0.4, -0.2) is 62.3 Å². The minimum atomic E-state index is -1.08. The van der Waals surface area contributed by atoms with Crippen molar-refractivity contribution in [3.8, 4) is 17.2 Å². The Bertz CT molecular complexity index is 2300. The number of benzene rings is 3. The largest absolute Gasteiger partial charge is 0.664 e. The van der Waals surface area contributed by atoms with Gasteiger partial charge in [-0.3, -0.25) is 9.59 Å². The number of aromatic nitrogens is 2. The van der Waals surface area contributed by atoms with Crippen molar-refractivity contribution in [2.24, 2.45) is 11.8 Å². The first-order chi connectivity index (χ1) is 28.7. The number of phenolic OH excluding ortho intramolecular Hbond substituents is 2. The lowest BCUT2D eigenvalue weighted by Gasteiger charge is -2.38. The first-order valence-corrected chi connectivity index (χ1v) is 21.1. The molecule has 1 fully saturated rings. The number of rotatable bonds is 9. The van der Waals surface area contributed by atoms with Gasteiger partial charge in [0, 0.05) is 30.9 Å². The highest BCUT2D eigenvalue weighted by molar-refractivity contribution is 6.05. The number of aromatic amines is 1. The number of carbonyl (C=O) groups is 2. The van der Waals surface area contributed by atoms with Crippen LogP contribution in [0, 0.1) is 11.8 Å². The maximum atomic E-state index is 15.1. The van der Waals surface area contributed by atoms with Crippen LogP contribution in [0.4, 0.5) is 5.82 Å². The lowest BCUT2D eigenvalue weighted by atomic mass is 9.68. The number of aryl methyl sites for hydroxylation is 2. The number of carbonyl (C=O) groups excluding carboxylic acids is 2. The van der Waals surface area contributed by atoms with Gasteiger partial charge in [-0.25, -0.2) is 0 Å². The first kappa shape index (κ1) is 40.2. The molecule has 4 atom stereocenters. The zero-order chi connectivity index (χ0) is 40.9. The highest BCUT2D eigenvalue weighted by atomic mass is 16.5. The van der Waals surface area contributed by atoms with Crippen molar-refractivity contribution in [3.05, 3.63) is 141 Å². The van der Waals surface area contributed by atoms with E-state index in [1.54, 1.807) is 24.4 Å². The molecule has 1 saturated carbocycles. The van der Waals surface area contributed by atoms with E-state index in [-0.39, 0.29) is 61.6 Å². The maximum absolute atomic E-state index is 15.1. The van der Waals surface area contributed by atoms with Gasteiger partial charge in [-0.1, -0.05) is 83.8 Å². The molecular formula is C49H53N3O7-2. The number of ether oxygens (including phenoxy) is 1. The molecule has 5 N–H and O–H groups in total. The lowest BCUT2D eigenvalue weighted by Crippen LogP contribution is -2.38.